The maximum atomic E-state index is 20.2. The molecular weight excluding hydrogens is 1350 g/mol. The van der Waals surface area contributed by atoms with E-state index in [1.807, 2.05) is 12.1 Å². The van der Waals surface area contributed by atoms with Gasteiger partial charge in [-0.3, -0.25) is 0 Å². The molecule has 98 heavy (non-hydrogen) atoms. The molecule has 2 aliphatic rings. The SMILES string of the molecule is CCCCCCCCCCCCCCCCC1(CCCCCCCCCCCCCCCC)c2cc(B(O)O)c3n[se]nc3c2-c2c(F)c3c(c(F)c21)-c1c(cc(B(O)O)c2n[se]nc12)C3(CCCCCCCCCCCCCCCC)CCCCCCCCCCCCCCCC. The molecule has 2 aromatic heterocycles. The number of halogens is 2. The third-order valence-electron chi connectivity index (χ3n) is 23.4. The molecule has 5 aromatic rings. The zero-order chi connectivity index (χ0) is 69.5. The summed E-state index contributed by atoms with van der Waals surface area (Å²) in [5.74, 6) is -0.773. The van der Waals surface area contributed by atoms with Crippen LogP contribution in [0.25, 0.3) is 44.3 Å². The Morgan fingerprint density at radius 1 is 0.276 bits per heavy atom. The summed E-state index contributed by atoms with van der Waals surface area (Å²) in [5.41, 5.74) is 4.58. The van der Waals surface area contributed by atoms with Crippen molar-refractivity contribution in [3.63, 3.8) is 0 Å². The molecule has 7 rings (SSSR count). The first-order valence-electron chi connectivity index (χ1n) is 42.0. The van der Waals surface area contributed by atoms with E-state index in [9.17, 15) is 20.1 Å². The van der Waals surface area contributed by atoms with Crippen LogP contribution in [0.15, 0.2) is 12.1 Å². The predicted octanol–water partition coefficient (Wildman–Crippen LogP) is 23.3. The van der Waals surface area contributed by atoms with Gasteiger partial charge in [-0.2, -0.15) is 0 Å². The van der Waals surface area contributed by atoms with Crippen LogP contribution in [-0.4, -0.2) is 80.2 Å². The molecule has 3 aromatic carbocycles. The van der Waals surface area contributed by atoms with Crippen molar-refractivity contribution >= 4 is 77.2 Å². The van der Waals surface area contributed by atoms with Crippen LogP contribution in [0.5, 0.6) is 0 Å². The summed E-state index contributed by atoms with van der Waals surface area (Å²) in [7, 11) is -3.66. The van der Waals surface area contributed by atoms with Crippen molar-refractivity contribution in [2.45, 2.75) is 424 Å². The summed E-state index contributed by atoms with van der Waals surface area (Å²) >= 11 is -1.20. The molecule has 0 unspecified atom stereocenters. The van der Waals surface area contributed by atoms with Crippen LogP contribution in [0.3, 0.4) is 0 Å². The van der Waals surface area contributed by atoms with Crippen LogP contribution in [0, 0.1) is 11.6 Å². The fourth-order valence-electron chi connectivity index (χ4n) is 17.7. The van der Waals surface area contributed by atoms with Gasteiger partial charge in [-0.15, -0.1) is 0 Å². The van der Waals surface area contributed by atoms with E-state index in [2.05, 4.69) is 27.7 Å². The molecule has 14 heteroatoms. The van der Waals surface area contributed by atoms with Gasteiger partial charge in [0.1, 0.15) is 0 Å². The van der Waals surface area contributed by atoms with Crippen LogP contribution in [0.2, 0.25) is 0 Å². The van der Waals surface area contributed by atoms with Crippen LogP contribution >= 0.6 is 0 Å². The molecule has 550 valence electrons. The number of fused-ring (bicyclic) bond motifs is 10. The molecule has 2 aliphatic carbocycles. The van der Waals surface area contributed by atoms with Gasteiger partial charge < -0.3 is 0 Å². The first kappa shape index (κ1) is 83.0. The van der Waals surface area contributed by atoms with Crippen LogP contribution in [-0.2, 0) is 10.8 Å². The average Bonchev–Trinajstić information content (AvgIpc) is 1.50. The van der Waals surface area contributed by atoms with Gasteiger partial charge in [0, 0.05) is 0 Å². The number of nitrogens with zero attached hydrogens (tertiary/aromatic N) is 4. The minimum absolute atomic E-state index is 0.278. The van der Waals surface area contributed by atoms with Crippen molar-refractivity contribution in [1.82, 2.24) is 15.9 Å². The number of aromatic nitrogens is 4. The number of hydrogen-bond donors (Lipinski definition) is 4. The summed E-state index contributed by atoms with van der Waals surface area (Å²) in [5, 5.41) is 45.2. The summed E-state index contributed by atoms with van der Waals surface area (Å²) in [6, 6.07) is 3.79. The first-order chi connectivity index (χ1) is 48.1. The van der Waals surface area contributed by atoms with Crippen LogP contribution < -0.4 is 10.9 Å². The van der Waals surface area contributed by atoms with Crippen LogP contribution in [0.4, 0.5) is 8.78 Å². The van der Waals surface area contributed by atoms with Crippen molar-refractivity contribution in [1.29, 1.82) is 0 Å². The Balaban J connectivity index is 1.24. The van der Waals surface area contributed by atoms with E-state index in [0.29, 0.717) is 81.1 Å². The summed E-state index contributed by atoms with van der Waals surface area (Å²) in [6.07, 6.45) is 71.0. The Bertz CT molecular complexity index is 2710. The van der Waals surface area contributed by atoms with Crippen LogP contribution in [0.1, 0.15) is 435 Å². The van der Waals surface area contributed by atoms with Gasteiger partial charge in [0.05, 0.1) is 0 Å². The number of hydrogen-bond acceptors (Lipinski definition) is 8. The fourth-order valence-corrected chi connectivity index (χ4v) is 20.1. The minimum Gasteiger partial charge on any atom is -0.0654 e. The van der Waals surface area contributed by atoms with Gasteiger partial charge >= 0.3 is 381 Å². The molecule has 0 saturated carbocycles. The van der Waals surface area contributed by atoms with E-state index in [4.69, 9.17) is 15.9 Å². The van der Waals surface area contributed by atoms with Gasteiger partial charge in [-0.1, -0.05) is 233 Å². The number of benzene rings is 3. The molecule has 0 fully saturated rings. The Labute approximate surface area is 610 Å². The molecule has 0 aliphatic heterocycles. The topological polar surface area (TPSA) is 132 Å². The monoisotopic (exact) mass is 1490 g/mol. The summed E-state index contributed by atoms with van der Waals surface area (Å²) in [6.45, 7) is 9.12. The van der Waals surface area contributed by atoms with E-state index < -0.39 is 55.0 Å². The van der Waals surface area contributed by atoms with Gasteiger partial charge in [0.15, 0.2) is 0 Å². The second kappa shape index (κ2) is 48.0. The molecule has 4 N–H and O–H groups in total. The van der Waals surface area contributed by atoms with Crippen molar-refractivity contribution in [3.8, 4) is 22.3 Å². The third-order valence-corrected chi connectivity index (χ3v) is 25.6. The third kappa shape index (κ3) is 24.4. The second-order valence-corrected chi connectivity index (χ2v) is 33.3. The zero-order valence-electron chi connectivity index (χ0n) is 62.9. The average molecular weight is 1490 g/mol. The maximum absolute atomic E-state index is 20.2. The Morgan fingerprint density at radius 2 is 0.459 bits per heavy atom. The van der Waals surface area contributed by atoms with Crippen molar-refractivity contribution in [2.24, 2.45) is 0 Å². The standard InChI is InChI=1S/C84H138B2F2N4O4Se2/c1-5-9-13-17-21-25-29-33-37-41-45-49-53-57-61-83(62-58-54-50-46-42-38-34-30-26-22-18-14-10-6-2)67-65-69(85(93)94)79-81(91-97-89-79)71(67)73-75(83)77(87)74-72-68(66-70(86(95)96)80-82(72)92-98-90-80)84(76(74)78(73)88,63-59-55-51-47-43-39-35-31-27-23-19-15-11-7-3)64-60-56-52-48-44-40-36-32-28-24-20-16-12-8-4/h65-66,93-96H,5-64H2,1-4H3. The molecule has 0 bridgehead atoms. The number of rotatable bonds is 62. The van der Waals surface area contributed by atoms with Gasteiger partial charge in [-0.05, 0) is 0 Å². The minimum atomic E-state index is -1.83. The molecule has 0 saturated heterocycles. The second-order valence-electron chi connectivity index (χ2n) is 31.1. The Hall–Kier alpha value is -2.27. The molecule has 0 atom stereocenters. The van der Waals surface area contributed by atoms with Crippen molar-refractivity contribution < 1.29 is 28.9 Å². The fraction of sp³-hybridized carbons (Fsp3) is 0.786. The summed E-state index contributed by atoms with van der Waals surface area (Å²) in [4.78, 5) is 0. The van der Waals surface area contributed by atoms with E-state index in [-0.39, 0.29) is 22.6 Å². The Kier molecular flexibility index (Phi) is 40.6. The zero-order valence-corrected chi connectivity index (χ0v) is 66.3. The quantitative estimate of drug-likeness (QED) is 0.0224. The predicted molar refractivity (Wildman–Crippen MR) is 418 cm³/mol. The van der Waals surface area contributed by atoms with E-state index in [0.717, 1.165) is 114 Å². The van der Waals surface area contributed by atoms with Gasteiger partial charge in [0.2, 0.25) is 0 Å². The molecule has 0 spiro atoms. The van der Waals surface area contributed by atoms with Crippen molar-refractivity contribution in [3.05, 3.63) is 46.0 Å². The van der Waals surface area contributed by atoms with Gasteiger partial charge in [-0.25, -0.2) is 0 Å². The smallest absolute Gasteiger partial charge is 0.0654 e. The summed E-state index contributed by atoms with van der Waals surface area (Å²) < 4.78 is 60.2. The molecule has 8 nitrogen and oxygen atoms in total. The van der Waals surface area contributed by atoms with E-state index in [1.165, 1.54) is 257 Å². The molecule has 2 heterocycles. The number of unbranched alkanes of at least 4 members (excludes halogenated alkanes) is 52. The van der Waals surface area contributed by atoms with Gasteiger partial charge in [0.25, 0.3) is 0 Å². The molecule has 0 amide bonds. The molecular formula is C84H138B2F2N4O4Se2. The Morgan fingerprint density at radius 3 is 0.653 bits per heavy atom. The normalized spacial score (nSPS) is 13.6. The van der Waals surface area contributed by atoms with E-state index in [1.54, 1.807) is 0 Å². The molecule has 0 radical (unpaired) electrons. The van der Waals surface area contributed by atoms with E-state index >= 15 is 8.78 Å². The first-order valence-corrected chi connectivity index (χ1v) is 45.1. The van der Waals surface area contributed by atoms with Crippen molar-refractivity contribution in [2.75, 3.05) is 0 Å².